The first kappa shape index (κ1) is 20.0. The molecular weight excluding hydrogens is 396 g/mol. The highest BCUT2D eigenvalue weighted by Crippen LogP contribution is 2.24. The predicted octanol–water partition coefficient (Wildman–Crippen LogP) is 4.76. The molecular formula is C23H22N4O2S. The van der Waals surface area contributed by atoms with Gasteiger partial charge in [-0.2, -0.15) is 0 Å². The van der Waals surface area contributed by atoms with Gasteiger partial charge < -0.3 is 14.6 Å². The van der Waals surface area contributed by atoms with Crippen molar-refractivity contribution in [3.63, 3.8) is 0 Å². The number of thioether (sulfide) groups is 1. The largest absolute Gasteiger partial charge is 0.489 e. The summed E-state index contributed by atoms with van der Waals surface area (Å²) in [5.41, 5.74) is 3.72. The number of para-hydroxylation sites is 2. The third-order valence-corrected chi connectivity index (χ3v) is 5.49. The summed E-state index contributed by atoms with van der Waals surface area (Å²) in [6.45, 7) is 3.31. The van der Waals surface area contributed by atoms with Crippen molar-refractivity contribution in [1.29, 1.82) is 0 Å². The molecule has 2 aromatic heterocycles. The predicted molar refractivity (Wildman–Crippen MR) is 120 cm³/mol. The van der Waals surface area contributed by atoms with E-state index in [1.807, 2.05) is 60.7 Å². The molecule has 0 saturated carbocycles. The number of nitrogens with zero attached hydrogens (tertiary/aromatic N) is 3. The second kappa shape index (κ2) is 9.45. The monoisotopic (exact) mass is 418 g/mol. The summed E-state index contributed by atoms with van der Waals surface area (Å²) in [6.07, 6.45) is 3.50. The minimum Gasteiger partial charge on any atom is -0.489 e. The number of ether oxygens (including phenoxy) is 1. The van der Waals surface area contributed by atoms with E-state index in [2.05, 4.69) is 26.8 Å². The molecule has 0 unspecified atom stereocenters. The van der Waals surface area contributed by atoms with E-state index >= 15 is 0 Å². The van der Waals surface area contributed by atoms with Crippen LogP contribution in [0.4, 0.5) is 5.69 Å². The molecule has 152 valence electrons. The number of aromatic nitrogens is 3. The third kappa shape index (κ3) is 4.80. The molecule has 2 aromatic carbocycles. The number of pyridine rings is 1. The summed E-state index contributed by atoms with van der Waals surface area (Å²) in [5.74, 6) is 0.889. The summed E-state index contributed by atoms with van der Waals surface area (Å²) >= 11 is 1.44. The lowest BCUT2D eigenvalue weighted by molar-refractivity contribution is -0.113. The Balaban J connectivity index is 1.35. The van der Waals surface area contributed by atoms with Crippen LogP contribution in [0.25, 0.3) is 11.0 Å². The van der Waals surface area contributed by atoms with Gasteiger partial charge in [0.05, 0.1) is 16.8 Å². The van der Waals surface area contributed by atoms with E-state index in [0.717, 1.165) is 28.3 Å². The third-order valence-electron chi connectivity index (χ3n) is 4.51. The number of nitrogens with one attached hydrogen (secondary N) is 1. The number of benzene rings is 2. The van der Waals surface area contributed by atoms with Crippen molar-refractivity contribution in [3.05, 3.63) is 78.6 Å². The van der Waals surface area contributed by atoms with Gasteiger partial charge in [0, 0.05) is 36.3 Å². The zero-order chi connectivity index (χ0) is 20.8. The van der Waals surface area contributed by atoms with Gasteiger partial charge in [-0.15, -0.1) is 0 Å². The van der Waals surface area contributed by atoms with Crippen LogP contribution in [0.1, 0.15) is 12.5 Å². The average Bonchev–Trinajstić information content (AvgIpc) is 3.15. The van der Waals surface area contributed by atoms with Crippen LogP contribution in [0.5, 0.6) is 5.75 Å². The second-order valence-corrected chi connectivity index (χ2v) is 7.58. The summed E-state index contributed by atoms with van der Waals surface area (Å²) in [6, 6.07) is 19.2. The number of anilines is 1. The standard InChI is InChI=1S/C23H22N4O2S/c1-2-27-21-11-4-3-10-20(21)26-23(27)30-16-22(28)25-18-8-5-9-19(13-18)29-15-17-7-6-12-24-14-17/h3-14H,2,15-16H2,1H3,(H,25,28). The molecule has 0 saturated heterocycles. The molecule has 0 bridgehead atoms. The Hall–Kier alpha value is -3.32. The van der Waals surface area contributed by atoms with Gasteiger partial charge in [-0.3, -0.25) is 9.78 Å². The molecule has 0 aliphatic rings. The van der Waals surface area contributed by atoms with Crippen LogP contribution in [-0.2, 0) is 17.9 Å². The topological polar surface area (TPSA) is 69.0 Å². The number of hydrogen-bond acceptors (Lipinski definition) is 5. The number of amides is 1. The van der Waals surface area contributed by atoms with E-state index in [1.54, 1.807) is 12.4 Å². The first-order chi connectivity index (χ1) is 14.7. The number of aryl methyl sites for hydroxylation is 1. The number of carbonyl (C=O) groups excluding carboxylic acids is 1. The van der Waals surface area contributed by atoms with E-state index in [1.165, 1.54) is 11.8 Å². The Morgan fingerprint density at radius 2 is 2.03 bits per heavy atom. The number of rotatable bonds is 8. The van der Waals surface area contributed by atoms with Crippen molar-refractivity contribution in [1.82, 2.24) is 14.5 Å². The zero-order valence-corrected chi connectivity index (χ0v) is 17.4. The van der Waals surface area contributed by atoms with Crippen molar-refractivity contribution in [2.45, 2.75) is 25.2 Å². The van der Waals surface area contributed by atoms with Crippen molar-refractivity contribution in [2.24, 2.45) is 0 Å². The highest BCUT2D eigenvalue weighted by Gasteiger charge is 2.12. The number of imidazole rings is 1. The van der Waals surface area contributed by atoms with Crippen LogP contribution in [0.2, 0.25) is 0 Å². The fourth-order valence-corrected chi connectivity index (χ4v) is 3.99. The lowest BCUT2D eigenvalue weighted by atomic mass is 10.3. The molecule has 0 fully saturated rings. The molecule has 0 atom stereocenters. The van der Waals surface area contributed by atoms with Crippen LogP contribution in [0.3, 0.4) is 0 Å². The Bertz CT molecular complexity index is 1140. The van der Waals surface area contributed by atoms with Crippen LogP contribution in [0.15, 0.2) is 78.2 Å². The Kier molecular flexibility index (Phi) is 6.29. The summed E-state index contributed by atoms with van der Waals surface area (Å²) in [4.78, 5) is 21.2. The van der Waals surface area contributed by atoms with Gasteiger partial charge in [0.25, 0.3) is 0 Å². The highest BCUT2D eigenvalue weighted by atomic mass is 32.2. The number of carbonyl (C=O) groups is 1. The van der Waals surface area contributed by atoms with Gasteiger partial charge in [0.1, 0.15) is 12.4 Å². The lowest BCUT2D eigenvalue weighted by Gasteiger charge is -2.09. The van der Waals surface area contributed by atoms with E-state index in [4.69, 9.17) is 4.74 Å². The van der Waals surface area contributed by atoms with Gasteiger partial charge in [0.2, 0.25) is 5.91 Å². The summed E-state index contributed by atoms with van der Waals surface area (Å²) in [7, 11) is 0. The fraction of sp³-hybridized carbons (Fsp3) is 0.174. The maximum Gasteiger partial charge on any atom is 0.234 e. The average molecular weight is 419 g/mol. The molecule has 4 rings (SSSR count). The molecule has 4 aromatic rings. The maximum absolute atomic E-state index is 12.5. The van der Waals surface area contributed by atoms with Gasteiger partial charge in [-0.1, -0.05) is 36.0 Å². The molecule has 30 heavy (non-hydrogen) atoms. The first-order valence-electron chi connectivity index (χ1n) is 9.72. The molecule has 7 heteroatoms. The number of hydrogen-bond donors (Lipinski definition) is 1. The fourth-order valence-electron chi connectivity index (χ4n) is 3.11. The van der Waals surface area contributed by atoms with E-state index in [0.29, 0.717) is 18.0 Å². The molecule has 0 spiro atoms. The molecule has 2 heterocycles. The first-order valence-corrected chi connectivity index (χ1v) is 10.7. The highest BCUT2D eigenvalue weighted by molar-refractivity contribution is 7.99. The minimum absolute atomic E-state index is 0.0841. The van der Waals surface area contributed by atoms with E-state index in [-0.39, 0.29) is 11.7 Å². The molecule has 6 nitrogen and oxygen atoms in total. The van der Waals surface area contributed by atoms with Crippen molar-refractivity contribution in [2.75, 3.05) is 11.1 Å². The van der Waals surface area contributed by atoms with Crippen LogP contribution >= 0.6 is 11.8 Å². The molecule has 0 radical (unpaired) electrons. The van der Waals surface area contributed by atoms with E-state index < -0.39 is 0 Å². The summed E-state index contributed by atoms with van der Waals surface area (Å²) in [5, 5.41) is 3.78. The molecule has 1 N–H and O–H groups in total. The minimum atomic E-state index is -0.0841. The van der Waals surface area contributed by atoms with Gasteiger partial charge >= 0.3 is 0 Å². The second-order valence-electron chi connectivity index (χ2n) is 6.64. The van der Waals surface area contributed by atoms with Crippen molar-refractivity contribution in [3.8, 4) is 5.75 Å². The summed E-state index contributed by atoms with van der Waals surface area (Å²) < 4.78 is 7.92. The zero-order valence-electron chi connectivity index (χ0n) is 16.6. The quantitative estimate of drug-likeness (QED) is 0.418. The Morgan fingerprint density at radius 1 is 1.13 bits per heavy atom. The van der Waals surface area contributed by atoms with Crippen LogP contribution < -0.4 is 10.1 Å². The number of fused-ring (bicyclic) bond motifs is 1. The van der Waals surface area contributed by atoms with Gasteiger partial charge in [-0.25, -0.2) is 4.98 Å². The van der Waals surface area contributed by atoms with Gasteiger partial charge in [-0.05, 0) is 37.3 Å². The lowest BCUT2D eigenvalue weighted by Crippen LogP contribution is -2.14. The molecule has 0 aliphatic heterocycles. The molecule has 1 amide bonds. The van der Waals surface area contributed by atoms with E-state index in [9.17, 15) is 4.79 Å². The van der Waals surface area contributed by atoms with Crippen LogP contribution in [0, 0.1) is 0 Å². The molecule has 0 aliphatic carbocycles. The Morgan fingerprint density at radius 3 is 2.87 bits per heavy atom. The normalized spacial score (nSPS) is 10.8. The van der Waals surface area contributed by atoms with Crippen LogP contribution in [-0.4, -0.2) is 26.2 Å². The van der Waals surface area contributed by atoms with Crippen molar-refractivity contribution < 1.29 is 9.53 Å². The van der Waals surface area contributed by atoms with Gasteiger partial charge in [0.15, 0.2) is 5.16 Å². The smallest absolute Gasteiger partial charge is 0.234 e. The SMILES string of the molecule is CCn1c(SCC(=O)Nc2cccc(OCc3cccnc3)c2)nc2ccccc21. The Labute approximate surface area is 179 Å². The van der Waals surface area contributed by atoms with Crippen molar-refractivity contribution >= 4 is 34.4 Å². The maximum atomic E-state index is 12.5.